The Morgan fingerprint density at radius 1 is 1.18 bits per heavy atom. The van der Waals surface area contributed by atoms with Crippen LogP contribution in [0.2, 0.25) is 0 Å². The summed E-state index contributed by atoms with van der Waals surface area (Å²) < 4.78 is 0. The fraction of sp³-hybridized carbons (Fsp3) is 0.455. The van der Waals surface area contributed by atoms with Crippen LogP contribution in [0.3, 0.4) is 0 Å². The minimum atomic E-state index is 1.08. The molecule has 11 heavy (non-hydrogen) atoms. The van der Waals surface area contributed by atoms with E-state index in [-0.39, 0.29) is 0 Å². The van der Waals surface area contributed by atoms with Crippen LogP contribution in [0.15, 0.2) is 35.5 Å². The van der Waals surface area contributed by atoms with Crippen molar-refractivity contribution >= 4 is 0 Å². The zero-order chi connectivity index (χ0) is 8.85. The van der Waals surface area contributed by atoms with E-state index in [0.717, 1.165) is 12.0 Å². The summed E-state index contributed by atoms with van der Waals surface area (Å²) in [5.74, 6) is 0. The van der Waals surface area contributed by atoms with Crippen LogP contribution in [0.25, 0.3) is 0 Å². The molecule has 0 aliphatic carbocycles. The van der Waals surface area contributed by atoms with Gasteiger partial charge >= 0.3 is 0 Å². The first-order valence-electron chi connectivity index (χ1n) is 4.07. The van der Waals surface area contributed by atoms with Crippen molar-refractivity contribution in [2.24, 2.45) is 0 Å². The number of allylic oxidation sites excluding steroid dienone is 5. The quantitative estimate of drug-likeness (QED) is 0.536. The van der Waals surface area contributed by atoms with Crippen molar-refractivity contribution in [3.05, 3.63) is 35.5 Å². The minimum Gasteiger partial charge on any atom is -0.0961 e. The second kappa shape index (κ2) is 4.95. The summed E-state index contributed by atoms with van der Waals surface area (Å²) in [4.78, 5) is 0. The maximum atomic E-state index is 3.84. The van der Waals surface area contributed by atoms with Gasteiger partial charge in [-0.2, -0.15) is 0 Å². The molecule has 0 saturated heterocycles. The Kier molecular flexibility index (Phi) is 4.60. The van der Waals surface area contributed by atoms with Crippen LogP contribution in [0.5, 0.6) is 0 Å². The average Bonchev–Trinajstić information content (AvgIpc) is 1.84. The molecule has 0 aliphatic heterocycles. The van der Waals surface area contributed by atoms with Crippen molar-refractivity contribution in [3.8, 4) is 0 Å². The molecule has 0 heteroatoms. The average molecular weight is 150 g/mol. The molecule has 0 saturated carbocycles. The third-order valence-electron chi connectivity index (χ3n) is 1.31. The minimum absolute atomic E-state index is 1.08. The molecule has 62 valence electrons. The van der Waals surface area contributed by atoms with E-state index in [4.69, 9.17) is 0 Å². The fourth-order valence-electron chi connectivity index (χ4n) is 0.933. The van der Waals surface area contributed by atoms with E-state index in [0.29, 0.717) is 0 Å². The molecular formula is C11H18. The highest BCUT2D eigenvalue weighted by Crippen LogP contribution is 2.08. The standard InChI is InChI=1S/C11H18/c1-6-11(7-9(2)3)8-10(4)5/h7-8H,2,6H2,1,3-5H3/b11-7-. The smallest absolute Gasteiger partial charge is 0.0307 e. The molecule has 0 nitrogen and oxygen atoms in total. The van der Waals surface area contributed by atoms with Gasteiger partial charge in [0.25, 0.3) is 0 Å². The van der Waals surface area contributed by atoms with E-state index in [9.17, 15) is 0 Å². The topological polar surface area (TPSA) is 0 Å². The van der Waals surface area contributed by atoms with Gasteiger partial charge in [0.1, 0.15) is 0 Å². The number of hydrogen-bond acceptors (Lipinski definition) is 0. The lowest BCUT2D eigenvalue weighted by Gasteiger charge is -1.98. The van der Waals surface area contributed by atoms with E-state index in [1.165, 1.54) is 11.1 Å². The van der Waals surface area contributed by atoms with Crippen LogP contribution in [0.1, 0.15) is 34.1 Å². The lowest BCUT2D eigenvalue weighted by atomic mass is 10.1. The fourth-order valence-corrected chi connectivity index (χ4v) is 0.933. The molecule has 0 fully saturated rings. The maximum Gasteiger partial charge on any atom is -0.0307 e. The van der Waals surface area contributed by atoms with Gasteiger partial charge in [0, 0.05) is 0 Å². The second-order valence-electron chi connectivity index (χ2n) is 3.14. The highest BCUT2D eigenvalue weighted by molar-refractivity contribution is 5.28. The van der Waals surface area contributed by atoms with Crippen LogP contribution in [0.4, 0.5) is 0 Å². The Bertz CT molecular complexity index is 188. The van der Waals surface area contributed by atoms with Crippen molar-refractivity contribution in [1.82, 2.24) is 0 Å². The van der Waals surface area contributed by atoms with Gasteiger partial charge in [-0.05, 0) is 32.8 Å². The zero-order valence-corrected chi connectivity index (χ0v) is 8.07. The summed E-state index contributed by atoms with van der Waals surface area (Å²) in [5, 5.41) is 0. The van der Waals surface area contributed by atoms with Crippen LogP contribution < -0.4 is 0 Å². The molecule has 0 bridgehead atoms. The molecule has 0 rings (SSSR count). The Balaban J connectivity index is 4.41. The Morgan fingerprint density at radius 3 is 2.00 bits per heavy atom. The van der Waals surface area contributed by atoms with Gasteiger partial charge in [-0.15, -0.1) is 0 Å². The summed E-state index contributed by atoms with van der Waals surface area (Å²) in [6.07, 6.45) is 5.42. The predicted octanol–water partition coefficient (Wildman–Crippen LogP) is 3.87. The van der Waals surface area contributed by atoms with Crippen LogP contribution in [0, 0.1) is 0 Å². The Morgan fingerprint density at radius 2 is 1.73 bits per heavy atom. The lowest BCUT2D eigenvalue weighted by molar-refractivity contribution is 1.13. The molecule has 0 atom stereocenters. The molecular weight excluding hydrogens is 132 g/mol. The molecule has 0 aliphatic rings. The summed E-state index contributed by atoms with van der Waals surface area (Å²) in [6.45, 7) is 12.3. The first kappa shape index (κ1) is 10.2. The monoisotopic (exact) mass is 150 g/mol. The largest absolute Gasteiger partial charge is 0.0961 e. The van der Waals surface area contributed by atoms with Gasteiger partial charge in [-0.25, -0.2) is 0 Å². The molecule has 0 N–H and O–H groups in total. The molecule has 0 aromatic rings. The van der Waals surface area contributed by atoms with Gasteiger partial charge in [-0.1, -0.05) is 36.8 Å². The Labute approximate surface area is 70.3 Å². The SMILES string of the molecule is C=C(C)/C=C(\C=C(C)C)CC. The number of rotatable bonds is 3. The van der Waals surface area contributed by atoms with Gasteiger partial charge < -0.3 is 0 Å². The first-order chi connectivity index (χ1) is 5.06. The maximum absolute atomic E-state index is 3.84. The lowest BCUT2D eigenvalue weighted by Crippen LogP contribution is -1.77. The third-order valence-corrected chi connectivity index (χ3v) is 1.31. The molecule has 0 amide bonds. The van der Waals surface area contributed by atoms with E-state index in [1.807, 2.05) is 6.92 Å². The van der Waals surface area contributed by atoms with Gasteiger partial charge in [0.15, 0.2) is 0 Å². The summed E-state index contributed by atoms with van der Waals surface area (Å²) in [6, 6.07) is 0. The number of hydrogen-bond donors (Lipinski definition) is 0. The highest BCUT2D eigenvalue weighted by atomic mass is 13.9. The van der Waals surface area contributed by atoms with E-state index >= 15 is 0 Å². The molecule has 0 spiro atoms. The van der Waals surface area contributed by atoms with Gasteiger partial charge in [0.05, 0.1) is 0 Å². The van der Waals surface area contributed by atoms with E-state index < -0.39 is 0 Å². The normalized spacial score (nSPS) is 11.1. The van der Waals surface area contributed by atoms with Crippen molar-refractivity contribution in [1.29, 1.82) is 0 Å². The van der Waals surface area contributed by atoms with Gasteiger partial charge in [-0.3, -0.25) is 0 Å². The van der Waals surface area contributed by atoms with Crippen LogP contribution in [-0.2, 0) is 0 Å². The van der Waals surface area contributed by atoms with Crippen LogP contribution >= 0.6 is 0 Å². The summed E-state index contributed by atoms with van der Waals surface area (Å²) >= 11 is 0. The van der Waals surface area contributed by atoms with Crippen LogP contribution in [-0.4, -0.2) is 0 Å². The molecule has 0 unspecified atom stereocenters. The van der Waals surface area contributed by atoms with E-state index in [2.05, 4.69) is 39.5 Å². The van der Waals surface area contributed by atoms with Crippen molar-refractivity contribution < 1.29 is 0 Å². The Hall–Kier alpha value is -0.780. The highest BCUT2D eigenvalue weighted by Gasteiger charge is 1.88. The molecule has 0 heterocycles. The summed E-state index contributed by atoms with van der Waals surface area (Å²) in [7, 11) is 0. The van der Waals surface area contributed by atoms with Crippen molar-refractivity contribution in [3.63, 3.8) is 0 Å². The molecule has 0 aromatic carbocycles. The zero-order valence-electron chi connectivity index (χ0n) is 8.07. The predicted molar refractivity (Wildman–Crippen MR) is 52.6 cm³/mol. The van der Waals surface area contributed by atoms with E-state index in [1.54, 1.807) is 0 Å². The third kappa shape index (κ3) is 5.65. The molecule has 0 radical (unpaired) electrons. The van der Waals surface area contributed by atoms with Gasteiger partial charge in [0.2, 0.25) is 0 Å². The molecule has 0 aromatic heterocycles. The van der Waals surface area contributed by atoms with Crippen molar-refractivity contribution in [2.45, 2.75) is 34.1 Å². The van der Waals surface area contributed by atoms with Crippen molar-refractivity contribution in [2.75, 3.05) is 0 Å². The first-order valence-corrected chi connectivity index (χ1v) is 4.07. The summed E-state index contributed by atoms with van der Waals surface area (Å²) in [5.41, 5.74) is 3.83. The second-order valence-corrected chi connectivity index (χ2v) is 3.14.